The van der Waals surface area contributed by atoms with Crippen LogP contribution in [0.15, 0.2) is 72.8 Å². The lowest BCUT2D eigenvalue weighted by Crippen LogP contribution is -2.57. The van der Waals surface area contributed by atoms with Gasteiger partial charge in [-0.05, 0) is 149 Å². The van der Waals surface area contributed by atoms with Gasteiger partial charge < -0.3 is 79.8 Å². The number of aromatic nitrogens is 8. The number of fused-ring (bicyclic) bond motifs is 4. The van der Waals surface area contributed by atoms with Gasteiger partial charge in [-0.1, -0.05) is 83.1 Å². The Morgan fingerprint density at radius 3 is 0.863 bits per heavy atom. The average molecular weight is 1740 g/mol. The molecule has 1 saturated carbocycles. The van der Waals surface area contributed by atoms with Crippen molar-refractivity contribution in [2.24, 2.45) is 21.7 Å². The van der Waals surface area contributed by atoms with Gasteiger partial charge in [0.15, 0.2) is 69.3 Å². The van der Waals surface area contributed by atoms with E-state index in [9.17, 15) is 73.5 Å². The van der Waals surface area contributed by atoms with Gasteiger partial charge in [0, 0.05) is 72.6 Å². The molecule has 4 aromatic carbocycles. The van der Waals surface area contributed by atoms with Crippen LogP contribution in [0.5, 0.6) is 0 Å². The van der Waals surface area contributed by atoms with Crippen LogP contribution in [0.4, 0.5) is 35.1 Å². The molecule has 8 N–H and O–H groups in total. The Hall–Kier alpha value is -11.2. The van der Waals surface area contributed by atoms with E-state index < -0.39 is 122 Å². The van der Waals surface area contributed by atoms with Crippen LogP contribution in [0.2, 0.25) is 0 Å². The predicted molar refractivity (Wildman–Crippen MR) is 443 cm³/mol. The summed E-state index contributed by atoms with van der Waals surface area (Å²) in [5, 5.41) is 22.6. The lowest BCUT2D eigenvalue weighted by Gasteiger charge is -2.33. The normalized spacial score (nSPS) is 15.4. The molecule has 0 spiro atoms. The third-order valence-corrected chi connectivity index (χ3v) is 20.5. The fourth-order valence-corrected chi connectivity index (χ4v) is 14.0. The lowest BCUT2D eigenvalue weighted by atomic mass is 9.85. The maximum atomic E-state index is 13.8. The van der Waals surface area contributed by atoms with E-state index in [0.717, 1.165) is 61.4 Å². The zero-order valence-electron chi connectivity index (χ0n) is 73.0. The smallest absolute Gasteiger partial charge is 0.272 e. The first-order chi connectivity index (χ1) is 58.0. The molecule has 36 heteroatoms. The second-order valence-corrected chi connectivity index (χ2v) is 36.4. The van der Waals surface area contributed by atoms with Crippen LogP contribution in [0, 0.1) is 68.2 Å². The SMILES string of the molecule is CC(C)(C)NC(=O)[C@@H](NC(=O)c1nc(-c2ccc(F)c(F)c2)n2c1COCC2)C(C)(C)C.CC(C)(C)[C@H](NC(=O)c1nc(-c2ccc(F)c(F)c2)n2c1COCC2)C(=O)NC1CC1.CC(C)NC(=O)[C@@H](NC(=O)c1nc(-c2ccc(F)c(F)c2)n2c1COCC2)C(C)(C)C.CCNC(=O)[C@@H](NC(=O)c1nc(-c2ccc(F)c(F)c2)n2c1COCC2)C(C)(C)C. The Balaban J connectivity index is 0.000000173. The number of rotatable bonds is 19. The number of nitrogens with one attached hydrogen (secondary N) is 8. The Morgan fingerprint density at radius 2 is 0.629 bits per heavy atom. The number of benzene rings is 4. The molecule has 4 atom stereocenters. The number of amides is 8. The van der Waals surface area contributed by atoms with E-state index in [1.54, 1.807) is 25.2 Å². The average Bonchev–Trinajstić information content (AvgIpc) is 1.64. The topological polar surface area (TPSA) is 341 Å². The van der Waals surface area contributed by atoms with Crippen molar-refractivity contribution in [3.63, 3.8) is 0 Å². The van der Waals surface area contributed by atoms with Crippen molar-refractivity contribution in [3.05, 3.63) is 165 Å². The third-order valence-electron chi connectivity index (χ3n) is 20.5. The van der Waals surface area contributed by atoms with Crippen molar-refractivity contribution in [1.29, 1.82) is 0 Å². The Bertz CT molecular complexity index is 5160. The van der Waals surface area contributed by atoms with Crippen LogP contribution in [0.25, 0.3) is 45.6 Å². The molecule has 670 valence electrons. The van der Waals surface area contributed by atoms with Gasteiger partial charge in [0.2, 0.25) is 23.6 Å². The van der Waals surface area contributed by atoms with E-state index in [0.29, 0.717) is 127 Å². The third kappa shape index (κ3) is 23.2. The molecule has 4 aromatic heterocycles. The Labute approximate surface area is 714 Å². The van der Waals surface area contributed by atoms with E-state index in [1.807, 2.05) is 118 Å². The summed E-state index contributed by atoms with van der Waals surface area (Å²) in [4.78, 5) is 121. The minimum atomic E-state index is -0.996. The number of carbonyl (C=O) groups is 8. The molecular formula is C88H110F8N16O12. The first kappa shape index (κ1) is 95.0. The highest BCUT2D eigenvalue weighted by molar-refractivity contribution is 6.01. The van der Waals surface area contributed by atoms with Crippen molar-refractivity contribution < 1.29 is 92.4 Å². The van der Waals surface area contributed by atoms with Crippen LogP contribution in [0.3, 0.4) is 0 Å². The fourth-order valence-electron chi connectivity index (χ4n) is 14.0. The second-order valence-electron chi connectivity index (χ2n) is 36.4. The number of halogens is 8. The Morgan fingerprint density at radius 1 is 0.371 bits per heavy atom. The van der Waals surface area contributed by atoms with Crippen molar-refractivity contribution >= 4 is 47.3 Å². The summed E-state index contributed by atoms with van der Waals surface area (Å²) in [5.74, 6) is -9.60. The van der Waals surface area contributed by atoms with Crippen molar-refractivity contribution in [2.45, 2.75) is 232 Å². The van der Waals surface area contributed by atoms with E-state index in [1.165, 1.54) is 24.3 Å². The molecule has 8 aromatic rings. The van der Waals surface area contributed by atoms with Gasteiger partial charge >= 0.3 is 0 Å². The van der Waals surface area contributed by atoms with Crippen molar-refractivity contribution in [1.82, 2.24) is 80.7 Å². The monoisotopic (exact) mass is 1730 g/mol. The van der Waals surface area contributed by atoms with Crippen LogP contribution < -0.4 is 42.5 Å². The molecule has 124 heavy (non-hydrogen) atoms. The van der Waals surface area contributed by atoms with Gasteiger partial charge in [-0.3, -0.25) is 38.4 Å². The molecule has 0 saturated heterocycles. The number of carbonyl (C=O) groups excluding carboxylic acids is 8. The molecule has 0 radical (unpaired) electrons. The standard InChI is InChI=1S/C23H30F2N4O3.C22H26F2N4O3.C22H28F2N4O3.C21H26F2N4O3/c1-22(2,3)18(21(31)28-23(4,5)6)27-20(30)17-16-12-32-10-9-29(16)19(26-17)13-7-8-14(24)15(25)11-13;1-22(2,3)18(21(30)25-13-5-6-13)27-20(29)17-16-11-31-9-8-28(16)19(26-17)12-4-7-14(23)15(24)10-12;1-12(2)25-21(30)18(22(3,4)5)27-20(29)17-16-11-31-9-8-28(16)19(26-17)13-6-7-14(23)15(24)10-13;1-5-24-20(29)17(21(2,3)4)26-19(28)16-15-11-30-9-8-27(15)18(25-16)12-6-7-13(22)14(23)10-12/h7-8,11,18H,9-10,12H2,1-6H3,(H,27,30)(H,28,31);4,7,10,13,18H,5-6,8-9,11H2,1-3H3,(H,25,30)(H,27,29);6-7,10,12,18H,8-9,11H2,1-5H3,(H,25,30)(H,27,29);6-7,10,17H,5,8-9,11H2,1-4H3,(H,24,29)(H,26,28)/t3*18-;17-/m1111/s1. The summed E-state index contributed by atoms with van der Waals surface area (Å²) in [5.41, 5.74) is 1.34. The molecule has 13 rings (SSSR count). The van der Waals surface area contributed by atoms with Gasteiger partial charge in [0.25, 0.3) is 23.6 Å². The number of nitrogens with zero attached hydrogens (tertiary/aromatic N) is 8. The summed E-state index contributed by atoms with van der Waals surface area (Å²) < 4.78 is 138. The van der Waals surface area contributed by atoms with Crippen LogP contribution in [0.1, 0.15) is 202 Å². The summed E-state index contributed by atoms with van der Waals surface area (Å²) in [7, 11) is 0. The molecule has 1 fully saturated rings. The second kappa shape index (κ2) is 38.9. The van der Waals surface area contributed by atoms with Gasteiger partial charge in [-0.15, -0.1) is 0 Å². The molecule has 0 unspecified atom stereocenters. The molecule has 1 aliphatic carbocycles. The number of hydrogen-bond acceptors (Lipinski definition) is 16. The first-order valence-corrected chi connectivity index (χ1v) is 41.0. The van der Waals surface area contributed by atoms with Gasteiger partial charge in [-0.2, -0.15) is 0 Å². The maximum Gasteiger partial charge on any atom is 0.272 e. The van der Waals surface area contributed by atoms with E-state index >= 15 is 0 Å². The van der Waals surface area contributed by atoms with Crippen molar-refractivity contribution in [3.8, 4) is 45.6 Å². The molecule has 5 aliphatic rings. The lowest BCUT2D eigenvalue weighted by molar-refractivity contribution is -0.127. The minimum absolute atomic E-state index is 0.0806. The van der Waals surface area contributed by atoms with Gasteiger partial charge in [0.1, 0.15) is 47.5 Å². The zero-order chi connectivity index (χ0) is 91.2. The molecule has 4 aliphatic heterocycles. The highest BCUT2D eigenvalue weighted by Gasteiger charge is 2.42. The van der Waals surface area contributed by atoms with E-state index in [4.69, 9.17) is 18.9 Å². The van der Waals surface area contributed by atoms with Gasteiger partial charge in [-0.25, -0.2) is 55.1 Å². The molecule has 8 amide bonds. The van der Waals surface area contributed by atoms with Crippen LogP contribution in [-0.4, -0.2) is 160 Å². The van der Waals surface area contributed by atoms with Crippen molar-refractivity contribution in [2.75, 3.05) is 33.0 Å². The van der Waals surface area contributed by atoms with Crippen LogP contribution >= 0.6 is 0 Å². The summed E-state index contributed by atoms with van der Waals surface area (Å²) in [6, 6.07) is 10.9. The first-order valence-electron chi connectivity index (χ1n) is 41.0. The highest BCUT2D eigenvalue weighted by atomic mass is 19.2. The summed E-state index contributed by atoms with van der Waals surface area (Å²) in [6.45, 7) is 37.8. The van der Waals surface area contributed by atoms with E-state index in [2.05, 4.69) is 62.5 Å². The summed E-state index contributed by atoms with van der Waals surface area (Å²) >= 11 is 0. The fraction of sp³-hybridized carbons (Fsp3) is 0.500. The zero-order valence-corrected chi connectivity index (χ0v) is 73.0. The molecule has 8 heterocycles. The summed E-state index contributed by atoms with van der Waals surface area (Å²) in [6.07, 6.45) is 1.89. The number of ether oxygens (including phenoxy) is 4. The quantitative estimate of drug-likeness (QED) is 0.0349. The minimum Gasteiger partial charge on any atom is -0.373 e. The predicted octanol–water partition coefficient (Wildman–Crippen LogP) is 11.9. The molecule has 0 bridgehead atoms. The number of imidazole rings is 4. The van der Waals surface area contributed by atoms with E-state index in [-0.39, 0.29) is 84.9 Å². The Kier molecular flexibility index (Phi) is 29.8. The molecule has 28 nitrogen and oxygen atoms in total. The largest absolute Gasteiger partial charge is 0.373 e. The van der Waals surface area contributed by atoms with Crippen LogP contribution in [-0.2, 0) is 90.7 Å². The number of hydrogen-bond donors (Lipinski definition) is 8. The van der Waals surface area contributed by atoms with Gasteiger partial charge in [0.05, 0.1) is 75.6 Å². The molecular weight excluding hydrogens is 1630 g/mol. The maximum absolute atomic E-state index is 13.8. The highest BCUT2D eigenvalue weighted by Crippen LogP contribution is 2.35. The number of likely N-dealkylation sites (N-methyl/N-ethyl adjacent to an activating group) is 1.